The zero-order chi connectivity index (χ0) is 27.0. The van der Waals surface area contributed by atoms with Gasteiger partial charge in [-0.05, 0) is 24.0 Å². The fourth-order valence-corrected chi connectivity index (χ4v) is 3.79. The number of carbonyl (C=O) groups excluding carboxylic acids is 3. The highest BCUT2D eigenvalue weighted by molar-refractivity contribution is 7.80. The molecule has 4 atom stereocenters. The van der Waals surface area contributed by atoms with Crippen molar-refractivity contribution in [3.63, 3.8) is 0 Å². The average Bonchev–Trinajstić information content (AvgIpc) is 3.22. The third kappa shape index (κ3) is 7.71. The fourth-order valence-electron chi connectivity index (χ4n) is 3.53. The number of rotatable bonds is 13. The topological polar surface area (TPSA) is 204 Å². The second-order valence-electron chi connectivity index (χ2n) is 8.64. The summed E-state index contributed by atoms with van der Waals surface area (Å²) in [5, 5.41) is 26.0. The van der Waals surface area contributed by atoms with Gasteiger partial charge in [0.05, 0.1) is 12.5 Å². The summed E-state index contributed by atoms with van der Waals surface area (Å²) in [6.07, 6.45) is 1.16. The molecule has 0 radical (unpaired) electrons. The molecule has 2 aromatic rings. The van der Waals surface area contributed by atoms with E-state index in [1.165, 1.54) is 0 Å². The molecule has 36 heavy (non-hydrogen) atoms. The first-order valence-corrected chi connectivity index (χ1v) is 11.8. The van der Waals surface area contributed by atoms with Gasteiger partial charge >= 0.3 is 11.9 Å². The van der Waals surface area contributed by atoms with Gasteiger partial charge in [0.2, 0.25) is 17.7 Å². The normalized spacial score (nSPS) is 14.5. The molecular formula is C23H31N5O7S. The van der Waals surface area contributed by atoms with Crippen LogP contribution in [0.1, 0.15) is 25.8 Å². The second-order valence-corrected chi connectivity index (χ2v) is 9.01. The Bertz CT molecular complexity index is 1120. The van der Waals surface area contributed by atoms with Crippen molar-refractivity contribution in [3.8, 4) is 0 Å². The second kappa shape index (κ2) is 12.9. The summed E-state index contributed by atoms with van der Waals surface area (Å²) in [5.41, 5.74) is 7.86. The molecule has 1 aromatic carbocycles. The highest BCUT2D eigenvalue weighted by atomic mass is 32.1. The number of aromatic nitrogens is 1. The van der Waals surface area contributed by atoms with Gasteiger partial charge in [-0.2, -0.15) is 12.6 Å². The van der Waals surface area contributed by atoms with E-state index in [9.17, 15) is 24.0 Å². The van der Waals surface area contributed by atoms with Gasteiger partial charge in [-0.3, -0.25) is 19.2 Å². The molecule has 0 aliphatic carbocycles. The SMILES string of the molecule is CC(C)C(NC(=O)C(N)Cc1c[nH]c2ccccc12)C(=O)NC(CS)C(=O)NC(CC(=O)O)C(=O)O. The summed E-state index contributed by atoms with van der Waals surface area (Å²) in [6.45, 7) is 3.39. The number of H-pyrrole nitrogens is 1. The van der Waals surface area contributed by atoms with Crippen molar-refractivity contribution in [1.82, 2.24) is 20.9 Å². The Hall–Kier alpha value is -3.58. The smallest absolute Gasteiger partial charge is 0.326 e. The molecule has 0 saturated heterocycles. The molecule has 13 heteroatoms. The highest BCUT2D eigenvalue weighted by Gasteiger charge is 2.32. The van der Waals surface area contributed by atoms with E-state index in [1.807, 2.05) is 24.3 Å². The quantitative estimate of drug-likeness (QED) is 0.163. The maximum atomic E-state index is 12.9. The molecule has 12 nitrogen and oxygen atoms in total. The summed E-state index contributed by atoms with van der Waals surface area (Å²) < 4.78 is 0. The number of para-hydroxylation sites is 1. The van der Waals surface area contributed by atoms with E-state index in [2.05, 4.69) is 33.6 Å². The average molecular weight is 522 g/mol. The number of carboxylic acid groups (broad SMARTS) is 2. The Labute approximate surface area is 212 Å². The molecule has 0 spiro atoms. The van der Waals surface area contributed by atoms with Crippen LogP contribution in [-0.4, -0.2) is 74.8 Å². The summed E-state index contributed by atoms with van der Waals surface area (Å²) in [7, 11) is 0. The number of carbonyl (C=O) groups is 5. The van der Waals surface area contributed by atoms with Crippen LogP contribution < -0.4 is 21.7 Å². The fraction of sp³-hybridized carbons (Fsp3) is 0.435. The maximum Gasteiger partial charge on any atom is 0.326 e. The monoisotopic (exact) mass is 521 g/mol. The Morgan fingerprint density at radius 1 is 0.972 bits per heavy atom. The molecule has 8 N–H and O–H groups in total. The van der Waals surface area contributed by atoms with Crippen molar-refractivity contribution < 1.29 is 34.2 Å². The summed E-state index contributed by atoms with van der Waals surface area (Å²) >= 11 is 4.03. The lowest BCUT2D eigenvalue weighted by Gasteiger charge is -2.26. The van der Waals surface area contributed by atoms with Crippen LogP contribution in [0.15, 0.2) is 30.5 Å². The maximum absolute atomic E-state index is 12.9. The Morgan fingerprint density at radius 3 is 2.19 bits per heavy atom. The zero-order valence-electron chi connectivity index (χ0n) is 19.9. The number of thiol groups is 1. The molecule has 0 fully saturated rings. The van der Waals surface area contributed by atoms with Gasteiger partial charge < -0.3 is 36.9 Å². The zero-order valence-corrected chi connectivity index (χ0v) is 20.7. The van der Waals surface area contributed by atoms with Gasteiger partial charge in [-0.15, -0.1) is 0 Å². The first-order valence-electron chi connectivity index (χ1n) is 11.2. The van der Waals surface area contributed by atoms with Crippen LogP contribution in [0.25, 0.3) is 10.9 Å². The van der Waals surface area contributed by atoms with Crippen LogP contribution in [-0.2, 0) is 30.4 Å². The lowest BCUT2D eigenvalue weighted by atomic mass is 10.0. The number of benzene rings is 1. The van der Waals surface area contributed by atoms with Crippen molar-refractivity contribution in [2.24, 2.45) is 11.7 Å². The molecule has 0 aliphatic rings. The Kier molecular flexibility index (Phi) is 10.3. The van der Waals surface area contributed by atoms with E-state index in [-0.39, 0.29) is 18.1 Å². The standard InChI is InChI=1S/C23H31N5O7S/c1-11(2)19(22(33)27-17(10-36)21(32)26-16(23(34)35)8-18(29)30)28-20(31)14(24)7-12-9-25-15-6-4-3-5-13(12)15/h3-6,9,11,14,16-17,19,25,36H,7-8,10,24H2,1-2H3,(H,26,32)(H,27,33)(H,28,31)(H,29,30)(H,34,35). The van der Waals surface area contributed by atoms with Crippen molar-refractivity contribution in [2.75, 3.05) is 5.75 Å². The van der Waals surface area contributed by atoms with E-state index in [0.29, 0.717) is 0 Å². The van der Waals surface area contributed by atoms with E-state index in [4.69, 9.17) is 15.9 Å². The van der Waals surface area contributed by atoms with E-state index < -0.39 is 60.2 Å². The van der Waals surface area contributed by atoms with Crippen molar-refractivity contribution in [2.45, 2.75) is 50.9 Å². The first kappa shape index (κ1) is 28.7. The summed E-state index contributed by atoms with van der Waals surface area (Å²) in [4.78, 5) is 63.4. The number of carboxylic acids is 2. The number of fused-ring (bicyclic) bond motifs is 1. The number of amides is 3. The predicted octanol–water partition coefficient (Wildman–Crippen LogP) is -0.363. The van der Waals surface area contributed by atoms with E-state index >= 15 is 0 Å². The van der Waals surface area contributed by atoms with Crippen molar-refractivity contribution in [3.05, 3.63) is 36.0 Å². The van der Waals surface area contributed by atoms with Crippen LogP contribution in [0.5, 0.6) is 0 Å². The molecule has 0 aliphatic heterocycles. The summed E-state index contributed by atoms with van der Waals surface area (Å²) in [5.74, 6) is -5.71. The minimum atomic E-state index is -1.68. The van der Waals surface area contributed by atoms with Crippen LogP contribution in [0.4, 0.5) is 0 Å². The van der Waals surface area contributed by atoms with Gasteiger partial charge in [0.25, 0.3) is 0 Å². The largest absolute Gasteiger partial charge is 0.481 e. The molecule has 2 rings (SSSR count). The number of hydrogen-bond acceptors (Lipinski definition) is 7. The van der Waals surface area contributed by atoms with Crippen molar-refractivity contribution in [1.29, 1.82) is 0 Å². The van der Waals surface area contributed by atoms with E-state index in [1.54, 1.807) is 20.0 Å². The number of hydrogen-bond donors (Lipinski definition) is 8. The number of nitrogens with one attached hydrogen (secondary N) is 4. The minimum absolute atomic E-state index is 0.199. The third-order valence-corrected chi connectivity index (χ3v) is 5.87. The van der Waals surface area contributed by atoms with Gasteiger partial charge in [-0.1, -0.05) is 32.0 Å². The van der Waals surface area contributed by atoms with Crippen molar-refractivity contribution >= 4 is 53.2 Å². The summed E-state index contributed by atoms with van der Waals surface area (Å²) in [6, 6.07) is 2.62. The number of nitrogens with two attached hydrogens (primary N) is 1. The van der Waals surface area contributed by atoms with Crippen LogP contribution in [0.2, 0.25) is 0 Å². The van der Waals surface area contributed by atoms with Crippen LogP contribution >= 0.6 is 12.6 Å². The molecular weight excluding hydrogens is 490 g/mol. The van der Waals surface area contributed by atoms with Crippen LogP contribution in [0.3, 0.4) is 0 Å². The van der Waals surface area contributed by atoms with Gasteiger partial charge in [0.1, 0.15) is 18.1 Å². The molecule has 1 heterocycles. The van der Waals surface area contributed by atoms with Gasteiger partial charge in [0, 0.05) is 22.9 Å². The van der Waals surface area contributed by atoms with Crippen LogP contribution in [0, 0.1) is 5.92 Å². The molecule has 0 saturated carbocycles. The van der Waals surface area contributed by atoms with Gasteiger partial charge in [0.15, 0.2) is 0 Å². The molecule has 196 valence electrons. The van der Waals surface area contributed by atoms with E-state index in [0.717, 1.165) is 16.5 Å². The number of aromatic amines is 1. The minimum Gasteiger partial charge on any atom is -0.481 e. The predicted molar refractivity (Wildman–Crippen MR) is 134 cm³/mol. The molecule has 4 unspecified atom stereocenters. The first-order chi connectivity index (χ1) is 16.9. The lowest BCUT2D eigenvalue weighted by Crippen LogP contribution is -2.59. The molecule has 3 amide bonds. The Balaban J connectivity index is 2.04. The molecule has 1 aromatic heterocycles. The lowest BCUT2D eigenvalue weighted by molar-refractivity contribution is -0.147. The molecule has 0 bridgehead atoms. The Morgan fingerprint density at radius 2 is 1.61 bits per heavy atom. The third-order valence-electron chi connectivity index (χ3n) is 5.51. The highest BCUT2D eigenvalue weighted by Crippen LogP contribution is 2.19. The van der Waals surface area contributed by atoms with Gasteiger partial charge in [-0.25, -0.2) is 4.79 Å². The number of aliphatic carboxylic acids is 2.